The number of fused-ring (bicyclic) bond motifs is 1. The number of imide groups is 1. The Hall–Kier alpha value is -2.66. The average Bonchev–Trinajstić information content (AvgIpc) is 3.16. The number of piperazine rings is 1. The van der Waals surface area contributed by atoms with Gasteiger partial charge in [0.05, 0.1) is 22.8 Å². The first-order valence-electron chi connectivity index (χ1n) is 12.3. The van der Waals surface area contributed by atoms with Crippen LogP contribution in [0.1, 0.15) is 37.3 Å². The van der Waals surface area contributed by atoms with Gasteiger partial charge in [0.2, 0.25) is 11.8 Å². The standard InChI is InChI=1S/C24H31F3N6O2/c1-31-22-16(21(30-31)17-5-6-20(34)29-23(17)35)3-2-4-18(22)32-10-7-15(8-11-32)14-33-12-9-28-13-19(33)24(25,26)27/h2-4,15,17,19,28H,5-14H2,1H3,(H,29,34,35)/t17?,19-/m0/s1. The number of anilines is 1. The first-order chi connectivity index (χ1) is 16.7. The van der Waals surface area contributed by atoms with E-state index in [0.29, 0.717) is 38.2 Å². The van der Waals surface area contributed by atoms with Crippen LogP contribution in [-0.4, -0.2) is 78.0 Å². The fraction of sp³-hybridized carbons (Fsp3) is 0.625. The van der Waals surface area contributed by atoms with Crippen LogP contribution in [0.2, 0.25) is 0 Å². The molecule has 190 valence electrons. The number of hydrogen-bond acceptors (Lipinski definition) is 6. The van der Waals surface area contributed by atoms with Gasteiger partial charge >= 0.3 is 6.18 Å². The number of para-hydroxylation sites is 1. The fourth-order valence-electron chi connectivity index (χ4n) is 5.79. The molecule has 3 aliphatic heterocycles. The van der Waals surface area contributed by atoms with E-state index in [0.717, 1.165) is 42.5 Å². The number of alkyl halides is 3. The van der Waals surface area contributed by atoms with Crippen molar-refractivity contribution in [3.63, 3.8) is 0 Å². The van der Waals surface area contributed by atoms with Crippen molar-refractivity contribution in [2.75, 3.05) is 44.2 Å². The summed E-state index contributed by atoms with van der Waals surface area (Å²) in [4.78, 5) is 27.9. The van der Waals surface area contributed by atoms with Crippen LogP contribution < -0.4 is 15.5 Å². The zero-order valence-electron chi connectivity index (χ0n) is 19.8. The Morgan fingerprint density at radius 1 is 1.11 bits per heavy atom. The van der Waals surface area contributed by atoms with E-state index in [2.05, 4.69) is 20.6 Å². The molecule has 3 aliphatic rings. The largest absolute Gasteiger partial charge is 0.405 e. The second-order valence-corrected chi connectivity index (χ2v) is 9.87. The van der Waals surface area contributed by atoms with Crippen molar-refractivity contribution in [3.05, 3.63) is 23.9 Å². The maximum Gasteiger partial charge on any atom is 0.405 e. The number of nitrogens with one attached hydrogen (secondary N) is 2. The van der Waals surface area contributed by atoms with E-state index in [1.54, 1.807) is 9.58 Å². The summed E-state index contributed by atoms with van der Waals surface area (Å²) in [5, 5.41) is 10.9. The molecule has 0 radical (unpaired) electrons. The van der Waals surface area contributed by atoms with Crippen molar-refractivity contribution >= 4 is 28.4 Å². The zero-order chi connectivity index (χ0) is 24.7. The molecular formula is C24H31F3N6O2. The predicted octanol–water partition coefficient (Wildman–Crippen LogP) is 2.15. The van der Waals surface area contributed by atoms with Gasteiger partial charge in [0, 0.05) is 58.1 Å². The number of rotatable bonds is 4. The molecule has 3 fully saturated rings. The van der Waals surface area contributed by atoms with Gasteiger partial charge in [0.15, 0.2) is 0 Å². The lowest BCUT2D eigenvalue weighted by molar-refractivity contribution is -0.188. The van der Waals surface area contributed by atoms with E-state index in [4.69, 9.17) is 0 Å². The van der Waals surface area contributed by atoms with Crippen LogP contribution in [0, 0.1) is 5.92 Å². The van der Waals surface area contributed by atoms with Crippen molar-refractivity contribution in [3.8, 4) is 0 Å². The first-order valence-corrected chi connectivity index (χ1v) is 12.3. The highest BCUT2D eigenvalue weighted by Crippen LogP contribution is 2.36. The molecule has 5 rings (SSSR count). The minimum absolute atomic E-state index is 0.0413. The maximum absolute atomic E-state index is 13.5. The van der Waals surface area contributed by atoms with Crippen molar-refractivity contribution in [1.82, 2.24) is 25.3 Å². The van der Waals surface area contributed by atoms with E-state index >= 15 is 0 Å². The first kappa shape index (κ1) is 24.1. The summed E-state index contributed by atoms with van der Waals surface area (Å²) < 4.78 is 42.2. The monoisotopic (exact) mass is 492 g/mol. The normalized spacial score (nSPS) is 25.3. The number of aryl methyl sites for hydroxylation is 1. The molecule has 4 heterocycles. The number of carbonyl (C=O) groups excluding carboxylic acids is 2. The molecule has 8 nitrogen and oxygen atoms in total. The number of amides is 2. The Morgan fingerprint density at radius 2 is 1.89 bits per heavy atom. The van der Waals surface area contributed by atoms with Crippen LogP contribution in [0.25, 0.3) is 10.9 Å². The molecule has 0 saturated carbocycles. The molecule has 0 bridgehead atoms. The number of piperidine rings is 2. The number of aromatic nitrogens is 2. The van der Waals surface area contributed by atoms with Crippen LogP contribution >= 0.6 is 0 Å². The lowest BCUT2D eigenvalue weighted by Crippen LogP contribution is -2.59. The van der Waals surface area contributed by atoms with Gasteiger partial charge in [0.25, 0.3) is 0 Å². The molecule has 0 spiro atoms. The molecule has 1 aromatic heterocycles. The third-order valence-electron chi connectivity index (χ3n) is 7.62. The Kier molecular flexibility index (Phi) is 6.47. The fourth-order valence-corrected chi connectivity index (χ4v) is 5.79. The minimum Gasteiger partial charge on any atom is -0.370 e. The molecule has 2 N–H and O–H groups in total. The second kappa shape index (κ2) is 9.42. The SMILES string of the molecule is Cn1nc(C2CCC(=O)NC2=O)c2cccc(N3CCC(CN4CCNC[C@H]4C(F)(F)F)CC3)c21. The molecule has 35 heavy (non-hydrogen) atoms. The van der Waals surface area contributed by atoms with Crippen molar-refractivity contribution in [1.29, 1.82) is 0 Å². The topological polar surface area (TPSA) is 82.5 Å². The summed E-state index contributed by atoms with van der Waals surface area (Å²) in [6, 6.07) is 4.53. The molecule has 1 unspecified atom stereocenters. The van der Waals surface area contributed by atoms with Crippen LogP contribution in [0.15, 0.2) is 18.2 Å². The summed E-state index contributed by atoms with van der Waals surface area (Å²) in [5.41, 5.74) is 2.64. The van der Waals surface area contributed by atoms with Gasteiger partial charge in [-0.15, -0.1) is 0 Å². The molecule has 2 aromatic rings. The summed E-state index contributed by atoms with van der Waals surface area (Å²) in [6.45, 7) is 2.94. The van der Waals surface area contributed by atoms with Crippen molar-refractivity contribution in [2.45, 2.75) is 43.8 Å². The second-order valence-electron chi connectivity index (χ2n) is 9.87. The molecule has 11 heteroatoms. The Bertz CT molecular complexity index is 1110. The lowest BCUT2D eigenvalue weighted by atomic mass is 9.92. The zero-order valence-corrected chi connectivity index (χ0v) is 19.8. The quantitative estimate of drug-likeness (QED) is 0.637. The van der Waals surface area contributed by atoms with E-state index in [9.17, 15) is 22.8 Å². The summed E-state index contributed by atoms with van der Waals surface area (Å²) in [5.74, 6) is -0.799. The van der Waals surface area contributed by atoms with Gasteiger partial charge in [-0.3, -0.25) is 24.5 Å². The van der Waals surface area contributed by atoms with E-state index in [-0.39, 0.29) is 24.3 Å². The summed E-state index contributed by atoms with van der Waals surface area (Å²) >= 11 is 0. The molecule has 1 aromatic carbocycles. The molecule has 3 saturated heterocycles. The van der Waals surface area contributed by atoms with E-state index < -0.39 is 18.1 Å². The van der Waals surface area contributed by atoms with Gasteiger partial charge in [-0.1, -0.05) is 12.1 Å². The van der Waals surface area contributed by atoms with Gasteiger partial charge in [-0.25, -0.2) is 0 Å². The summed E-state index contributed by atoms with van der Waals surface area (Å²) in [7, 11) is 1.86. The number of nitrogens with zero attached hydrogens (tertiary/aromatic N) is 4. The van der Waals surface area contributed by atoms with Crippen LogP contribution in [0.3, 0.4) is 0 Å². The van der Waals surface area contributed by atoms with Gasteiger partial charge < -0.3 is 10.2 Å². The van der Waals surface area contributed by atoms with E-state index in [1.165, 1.54) is 0 Å². The molecule has 2 amide bonds. The highest BCUT2D eigenvalue weighted by atomic mass is 19.4. The maximum atomic E-state index is 13.5. The predicted molar refractivity (Wildman–Crippen MR) is 125 cm³/mol. The van der Waals surface area contributed by atoms with Crippen LogP contribution in [0.4, 0.5) is 18.9 Å². The van der Waals surface area contributed by atoms with Gasteiger partial charge in [0.1, 0.15) is 6.04 Å². The third-order valence-corrected chi connectivity index (χ3v) is 7.62. The third kappa shape index (κ3) is 4.75. The highest BCUT2D eigenvalue weighted by molar-refractivity contribution is 6.03. The Labute approximate surface area is 201 Å². The molecule has 0 aliphatic carbocycles. The highest BCUT2D eigenvalue weighted by Gasteiger charge is 2.45. The average molecular weight is 493 g/mol. The number of carbonyl (C=O) groups is 2. The smallest absolute Gasteiger partial charge is 0.370 e. The van der Waals surface area contributed by atoms with Gasteiger partial charge in [-0.2, -0.15) is 18.3 Å². The number of hydrogen-bond donors (Lipinski definition) is 2. The van der Waals surface area contributed by atoms with Gasteiger partial charge in [-0.05, 0) is 31.2 Å². The summed E-state index contributed by atoms with van der Waals surface area (Å²) in [6.07, 6.45) is -1.84. The minimum atomic E-state index is -4.22. The Morgan fingerprint density at radius 3 is 2.60 bits per heavy atom. The number of halogens is 3. The van der Waals surface area contributed by atoms with Crippen LogP contribution in [0.5, 0.6) is 0 Å². The molecule has 2 atom stereocenters. The Balaban J connectivity index is 1.30. The molecular weight excluding hydrogens is 461 g/mol. The van der Waals surface area contributed by atoms with Crippen molar-refractivity contribution in [2.24, 2.45) is 13.0 Å². The lowest BCUT2D eigenvalue weighted by Gasteiger charge is -2.41. The van der Waals surface area contributed by atoms with Crippen molar-refractivity contribution < 1.29 is 22.8 Å². The van der Waals surface area contributed by atoms with E-state index in [1.807, 2.05) is 25.2 Å². The number of benzene rings is 1. The van der Waals surface area contributed by atoms with Crippen LogP contribution in [-0.2, 0) is 16.6 Å².